The fraction of sp³-hybridized carbons (Fsp3) is 0.723. The molecule has 3 amide bonds. The number of nitrogens with zero attached hydrogens (tertiary/aromatic N) is 2. The second-order valence-electron chi connectivity index (χ2n) is 18.2. The smallest absolute Gasteiger partial charge is 0.450 e. The third kappa shape index (κ3) is 25.1. The summed E-state index contributed by atoms with van der Waals surface area (Å²) in [5, 5.41) is 15.2. The summed E-state index contributed by atoms with van der Waals surface area (Å²) in [7, 11) is 3.09. The van der Waals surface area contributed by atoms with Gasteiger partial charge >= 0.3 is 25.6 Å². The van der Waals surface area contributed by atoms with Crippen LogP contribution in [-0.4, -0.2) is 127 Å². The molecule has 0 radical (unpaired) electrons. The zero-order valence-electron chi connectivity index (χ0n) is 42.8. The SMILES string of the molecule is CCN(C(C)C)C(C)C.COC(C)(C)O[C@H]1C(=O)N(C(=O)OC2CCC2)[C@H]1c1cccs1.COC(C)(C)O[C@H]1C(=O)N[C@H]1c1cccs1.O=C(Cl)OC1CCC1.O=C(OC(Cl)(Cl)Cl)OC(Cl)(Cl)Cl.OC1CCC1. The monoisotopic (exact) mass is 1210 g/mol. The lowest BCUT2D eigenvalue weighted by Gasteiger charge is -2.46. The molecule has 4 heterocycles. The van der Waals surface area contributed by atoms with Crippen molar-refractivity contribution in [1.82, 2.24) is 15.1 Å². The number of ether oxygens (including phenoxy) is 8. The predicted octanol–water partition coefficient (Wildman–Crippen LogP) is 13.1. The lowest BCUT2D eigenvalue weighted by Crippen LogP contribution is -2.64. The van der Waals surface area contributed by atoms with E-state index in [9.17, 15) is 24.0 Å². The summed E-state index contributed by atoms with van der Waals surface area (Å²) in [6, 6.07) is 8.61. The molecule has 0 bridgehead atoms. The first-order valence-corrected chi connectivity index (χ1v) is 28.0. The number of carbonyl (C=O) groups is 5. The fourth-order valence-electron chi connectivity index (χ4n) is 6.63. The van der Waals surface area contributed by atoms with Gasteiger partial charge < -0.3 is 48.3 Å². The molecule has 418 valence electrons. The van der Waals surface area contributed by atoms with Gasteiger partial charge in [0.25, 0.3) is 11.8 Å². The van der Waals surface area contributed by atoms with Crippen molar-refractivity contribution < 1.29 is 67.0 Å². The van der Waals surface area contributed by atoms with Gasteiger partial charge in [-0.3, -0.25) is 14.5 Å². The first-order chi connectivity index (χ1) is 33.8. The van der Waals surface area contributed by atoms with Gasteiger partial charge in [-0.15, -0.1) is 22.7 Å². The third-order valence-corrected chi connectivity index (χ3v) is 13.8. The Kier molecular flexibility index (Phi) is 29.3. The number of likely N-dealkylation sites (tertiary alicyclic amines) is 1. The summed E-state index contributed by atoms with van der Waals surface area (Å²) >= 11 is 38.2. The van der Waals surface area contributed by atoms with Gasteiger partial charge in [-0.2, -0.15) is 0 Å². The zero-order valence-corrected chi connectivity index (χ0v) is 49.8. The van der Waals surface area contributed by atoms with E-state index in [2.05, 4.69) is 59.0 Å². The largest absolute Gasteiger partial charge is 0.515 e. The van der Waals surface area contributed by atoms with Gasteiger partial charge in [0.15, 0.2) is 23.8 Å². The molecule has 3 saturated carbocycles. The van der Waals surface area contributed by atoms with Gasteiger partial charge in [0.2, 0.25) is 0 Å². The maximum atomic E-state index is 12.4. The van der Waals surface area contributed by atoms with Gasteiger partial charge in [-0.1, -0.05) is 19.1 Å². The van der Waals surface area contributed by atoms with Gasteiger partial charge in [0, 0.05) is 47.7 Å². The number of thiophene rings is 2. The van der Waals surface area contributed by atoms with Crippen LogP contribution in [0.3, 0.4) is 0 Å². The number of hydrogen-bond acceptors (Lipinski definition) is 17. The van der Waals surface area contributed by atoms with Crippen LogP contribution in [0, 0.1) is 0 Å². The number of carbonyl (C=O) groups excluding carboxylic acids is 5. The Bertz CT molecular complexity index is 1940. The molecule has 7 rings (SSSR count). The molecule has 2 aliphatic heterocycles. The van der Waals surface area contributed by atoms with E-state index in [0.717, 1.165) is 67.7 Å². The van der Waals surface area contributed by atoms with Gasteiger partial charge in [0.05, 0.1) is 12.1 Å². The summed E-state index contributed by atoms with van der Waals surface area (Å²) in [5.41, 5.74) is -0.672. The van der Waals surface area contributed by atoms with Crippen LogP contribution in [0.2, 0.25) is 0 Å². The Balaban J connectivity index is 0.000000321. The zero-order chi connectivity index (χ0) is 55.5. The molecule has 3 aliphatic carbocycles. The minimum atomic E-state index is -2.24. The second-order valence-corrected chi connectivity index (χ2v) is 24.9. The molecule has 5 aliphatic rings. The molecule has 5 fully saturated rings. The average Bonchev–Trinajstić information content (AvgIpc) is 3.97. The van der Waals surface area contributed by atoms with Crippen molar-refractivity contribution in [3.05, 3.63) is 44.8 Å². The third-order valence-electron chi connectivity index (χ3n) is 11.4. The van der Waals surface area contributed by atoms with E-state index in [0.29, 0.717) is 12.1 Å². The molecule has 17 nitrogen and oxygen atoms in total. The van der Waals surface area contributed by atoms with Crippen molar-refractivity contribution in [2.75, 3.05) is 20.8 Å². The number of aliphatic hydroxyl groups excluding tert-OH is 1. The summed E-state index contributed by atoms with van der Waals surface area (Å²) < 4.78 is 35.3. The van der Waals surface area contributed by atoms with E-state index >= 15 is 0 Å². The van der Waals surface area contributed by atoms with Crippen LogP contribution in [0.1, 0.15) is 142 Å². The topological polar surface area (TPSA) is 198 Å². The quantitative estimate of drug-likeness (QED) is 0.0479. The standard InChI is InChI=1S/C16H21NO5S.C11H15NO3S.C8H19N.C5H7ClO2.C4H8O.C3Cl6O3/c1-16(2,20-3)22-13-12(11-8-5-9-23-11)17(14(13)18)15(19)21-10-6-4-7-10;1-11(2,14-3)15-9-8(12-10(9)13)7-5-4-6-16-7;1-6-9(7(2)3)8(4)5;6-5(7)8-4-2-1-3-4;5-4-2-1-3-4;4-2(5,6)11-1(10)12-3(7,8)9/h5,8-10,12-13H,4,6-7H2,1-3H3;4-6,8-9H,1-3H3,(H,12,13);7-8H,6H2,1-5H3;4H,1-3H2;4-5H,1-3H2;/t12-,13+;8-,9+;;;;/m00..../s1. The Morgan fingerprint density at radius 1 is 0.740 bits per heavy atom. The van der Waals surface area contributed by atoms with Gasteiger partial charge in [-0.25, -0.2) is 19.3 Å². The molecule has 4 atom stereocenters. The van der Waals surface area contributed by atoms with Crippen molar-refractivity contribution in [3.8, 4) is 0 Å². The van der Waals surface area contributed by atoms with Crippen LogP contribution in [0.5, 0.6) is 0 Å². The maximum absolute atomic E-state index is 12.4. The van der Waals surface area contributed by atoms with E-state index in [1.807, 2.05) is 35.0 Å². The summed E-state index contributed by atoms with van der Waals surface area (Å²) in [4.78, 5) is 62.4. The van der Waals surface area contributed by atoms with Crippen LogP contribution in [0.15, 0.2) is 35.0 Å². The second kappa shape index (κ2) is 31.7. The molecule has 0 aromatic carbocycles. The molecule has 2 aromatic heterocycles. The number of imide groups is 1. The highest BCUT2D eigenvalue weighted by Gasteiger charge is 2.56. The highest BCUT2D eigenvalue weighted by atomic mass is 35.6. The van der Waals surface area contributed by atoms with Crippen LogP contribution < -0.4 is 5.32 Å². The number of methoxy groups -OCH3 is 2. The Labute approximate surface area is 472 Å². The fourth-order valence-corrected chi connectivity index (χ4v) is 8.78. The predicted molar refractivity (Wildman–Crippen MR) is 286 cm³/mol. The highest BCUT2D eigenvalue weighted by Crippen LogP contribution is 2.42. The maximum Gasteiger partial charge on any atom is 0.515 e. The van der Waals surface area contributed by atoms with E-state index in [1.165, 1.54) is 29.8 Å². The number of hydrogen-bond donors (Lipinski definition) is 2. The number of aliphatic hydroxyl groups is 1. The van der Waals surface area contributed by atoms with Crippen molar-refractivity contribution in [3.63, 3.8) is 0 Å². The summed E-state index contributed by atoms with van der Waals surface area (Å²) in [6.45, 7) is 19.4. The first kappa shape index (κ1) is 67.4. The summed E-state index contributed by atoms with van der Waals surface area (Å²) in [6.07, 6.45) is 6.21. The van der Waals surface area contributed by atoms with E-state index in [1.54, 1.807) is 46.1 Å². The lowest BCUT2D eigenvalue weighted by molar-refractivity contribution is -0.251. The highest BCUT2D eigenvalue weighted by molar-refractivity contribution is 7.10. The molecule has 26 heteroatoms. The molecule has 2 N–H and O–H groups in total. The number of halogens is 7. The van der Waals surface area contributed by atoms with Crippen LogP contribution >= 0.6 is 104 Å². The number of rotatable bonds is 13. The van der Waals surface area contributed by atoms with Crippen molar-refractivity contribution in [1.29, 1.82) is 0 Å². The number of alkyl halides is 6. The number of amides is 3. The van der Waals surface area contributed by atoms with E-state index < -0.39 is 55.5 Å². The van der Waals surface area contributed by atoms with Gasteiger partial charge in [-0.05, 0) is 212 Å². The van der Waals surface area contributed by atoms with Crippen LogP contribution in [0.4, 0.5) is 14.4 Å². The molecule has 0 spiro atoms. The molecule has 73 heavy (non-hydrogen) atoms. The first-order valence-electron chi connectivity index (χ1n) is 23.6. The van der Waals surface area contributed by atoms with Gasteiger partial charge in [0.1, 0.15) is 18.2 Å². The Hall–Kier alpha value is -1.66. The molecular weight excluding hydrogens is 1140 g/mol. The number of nitrogens with one attached hydrogen (secondary N) is 1. The van der Waals surface area contributed by atoms with E-state index in [-0.39, 0.29) is 36.2 Å². The minimum absolute atomic E-state index is 0.0399. The lowest BCUT2D eigenvalue weighted by atomic mass is 9.95. The number of β-lactam (4-membered cyclic amide) rings is 2. The van der Waals surface area contributed by atoms with Crippen molar-refractivity contribution >= 4 is 133 Å². The minimum Gasteiger partial charge on any atom is -0.450 e. The normalized spacial score (nSPS) is 20.8. The van der Waals surface area contributed by atoms with E-state index in [4.69, 9.17) is 110 Å². The Morgan fingerprint density at radius 2 is 1.16 bits per heavy atom. The van der Waals surface area contributed by atoms with Crippen molar-refractivity contribution in [2.24, 2.45) is 0 Å². The molecular formula is C47H70Cl7N3O14S2. The summed E-state index contributed by atoms with van der Waals surface area (Å²) in [5.74, 6) is -2.10. The Morgan fingerprint density at radius 3 is 1.45 bits per heavy atom. The molecule has 2 saturated heterocycles. The van der Waals surface area contributed by atoms with Crippen LogP contribution in [-0.2, 0) is 47.5 Å². The average molecular weight is 1210 g/mol. The molecule has 2 aromatic rings. The molecule has 0 unspecified atom stereocenters. The van der Waals surface area contributed by atoms with Crippen LogP contribution in [0.25, 0.3) is 0 Å². The van der Waals surface area contributed by atoms with Crippen molar-refractivity contribution in [2.45, 2.75) is 194 Å².